The summed E-state index contributed by atoms with van der Waals surface area (Å²) in [6.45, 7) is 2.03. The average Bonchev–Trinajstić information content (AvgIpc) is 2.91. The molecular weight excluding hydrogens is 286 g/mol. The number of hydrogen-bond acceptors (Lipinski definition) is 5. The minimum atomic E-state index is -0.724. The molecule has 0 radical (unpaired) electrons. The largest absolute Gasteiger partial charge is 0.481 e. The number of carboxylic acids is 1. The number of piperidine rings is 1. The van der Waals surface area contributed by atoms with Crippen LogP contribution in [0.5, 0.6) is 0 Å². The molecule has 1 aliphatic heterocycles. The van der Waals surface area contributed by atoms with Gasteiger partial charge in [0.2, 0.25) is 0 Å². The number of fused-ring (bicyclic) bond motifs is 1. The van der Waals surface area contributed by atoms with Gasteiger partial charge in [0.05, 0.1) is 5.69 Å². The number of rotatable bonds is 3. The van der Waals surface area contributed by atoms with Crippen molar-refractivity contribution in [2.24, 2.45) is 0 Å². The van der Waals surface area contributed by atoms with Gasteiger partial charge in [0.1, 0.15) is 5.92 Å². The van der Waals surface area contributed by atoms with E-state index in [2.05, 4.69) is 23.9 Å². The van der Waals surface area contributed by atoms with Crippen molar-refractivity contribution in [3.05, 3.63) is 10.6 Å². The third kappa shape index (κ3) is 2.92. The molecule has 0 amide bonds. The number of hydrogen-bond donors (Lipinski definition) is 1. The third-order valence-electron chi connectivity index (χ3n) is 4.64. The lowest BCUT2D eigenvalue weighted by Gasteiger charge is -2.35. The summed E-state index contributed by atoms with van der Waals surface area (Å²) in [6, 6.07) is 0.565. The quantitative estimate of drug-likeness (QED) is 0.927. The molecule has 0 bridgehead atoms. The SMILES string of the molecule is CN(C)C1CCCN(c2nc3c(s2)CCCC3C(=O)O)C1. The monoisotopic (exact) mass is 309 g/mol. The Morgan fingerprint density at radius 3 is 2.90 bits per heavy atom. The molecule has 6 heteroatoms. The van der Waals surface area contributed by atoms with Gasteiger partial charge in [-0.25, -0.2) is 4.98 Å². The van der Waals surface area contributed by atoms with Gasteiger partial charge < -0.3 is 14.9 Å². The van der Waals surface area contributed by atoms with Crippen LogP contribution in [-0.2, 0) is 11.2 Å². The first-order valence-corrected chi connectivity index (χ1v) is 8.51. The van der Waals surface area contributed by atoms with Crippen LogP contribution >= 0.6 is 11.3 Å². The fourth-order valence-corrected chi connectivity index (χ4v) is 4.53. The predicted molar refractivity (Wildman–Crippen MR) is 84.4 cm³/mol. The van der Waals surface area contributed by atoms with Crippen molar-refractivity contribution < 1.29 is 9.90 Å². The highest BCUT2D eigenvalue weighted by molar-refractivity contribution is 7.15. The van der Waals surface area contributed by atoms with E-state index in [1.54, 1.807) is 11.3 Å². The maximum Gasteiger partial charge on any atom is 0.312 e. The van der Waals surface area contributed by atoms with Crippen LogP contribution in [0.15, 0.2) is 0 Å². The van der Waals surface area contributed by atoms with Gasteiger partial charge in [0.25, 0.3) is 0 Å². The summed E-state index contributed by atoms with van der Waals surface area (Å²) in [7, 11) is 4.25. The number of aliphatic carboxylic acids is 1. The molecule has 2 aliphatic rings. The van der Waals surface area contributed by atoms with E-state index < -0.39 is 11.9 Å². The fraction of sp³-hybridized carbons (Fsp3) is 0.733. The molecule has 1 N–H and O–H groups in total. The third-order valence-corrected chi connectivity index (χ3v) is 5.83. The number of aryl methyl sites for hydroxylation is 1. The van der Waals surface area contributed by atoms with Crippen LogP contribution in [0, 0.1) is 0 Å². The van der Waals surface area contributed by atoms with Gasteiger partial charge in [-0.15, -0.1) is 11.3 Å². The number of nitrogens with zero attached hydrogens (tertiary/aromatic N) is 3. The lowest BCUT2D eigenvalue weighted by Crippen LogP contribution is -2.45. The molecule has 3 rings (SSSR count). The summed E-state index contributed by atoms with van der Waals surface area (Å²) in [5.41, 5.74) is 0.834. The maximum atomic E-state index is 11.4. The van der Waals surface area contributed by atoms with E-state index in [0.29, 0.717) is 6.04 Å². The van der Waals surface area contributed by atoms with Gasteiger partial charge in [-0.2, -0.15) is 0 Å². The van der Waals surface area contributed by atoms with E-state index in [9.17, 15) is 9.90 Å². The lowest BCUT2D eigenvalue weighted by molar-refractivity contribution is -0.139. The number of anilines is 1. The zero-order valence-corrected chi connectivity index (χ0v) is 13.5. The molecule has 1 aliphatic carbocycles. The zero-order chi connectivity index (χ0) is 15.0. The second-order valence-corrected chi connectivity index (χ2v) is 7.36. The molecule has 1 aromatic heterocycles. The highest BCUT2D eigenvalue weighted by Gasteiger charge is 2.32. The highest BCUT2D eigenvalue weighted by Crippen LogP contribution is 2.38. The van der Waals surface area contributed by atoms with E-state index in [0.717, 1.165) is 43.2 Å². The van der Waals surface area contributed by atoms with E-state index in [-0.39, 0.29) is 0 Å². The standard InChI is InChI=1S/C15H23N3O2S/c1-17(2)10-5-4-8-18(9-10)15-16-13-11(14(19)20)6-3-7-12(13)21-15/h10-11H,3-9H2,1-2H3,(H,19,20). The first kappa shape index (κ1) is 14.8. The van der Waals surface area contributed by atoms with Crippen LogP contribution < -0.4 is 4.90 Å². The molecule has 116 valence electrons. The van der Waals surface area contributed by atoms with Gasteiger partial charge in [0.15, 0.2) is 5.13 Å². The predicted octanol–water partition coefficient (Wildman–Crippen LogP) is 2.18. The lowest BCUT2D eigenvalue weighted by atomic mass is 9.91. The minimum absolute atomic E-state index is 0.395. The molecule has 2 unspecified atom stereocenters. The molecule has 0 aromatic carbocycles. The van der Waals surface area contributed by atoms with Crippen LogP contribution in [-0.4, -0.2) is 54.2 Å². The summed E-state index contributed by atoms with van der Waals surface area (Å²) < 4.78 is 0. The molecule has 21 heavy (non-hydrogen) atoms. The van der Waals surface area contributed by atoms with E-state index in [4.69, 9.17) is 4.98 Å². The molecule has 0 spiro atoms. The van der Waals surface area contributed by atoms with Crippen LogP contribution in [0.4, 0.5) is 5.13 Å². The van der Waals surface area contributed by atoms with Crippen LogP contribution in [0.25, 0.3) is 0 Å². The first-order valence-electron chi connectivity index (χ1n) is 7.70. The van der Waals surface area contributed by atoms with Gasteiger partial charge in [-0.3, -0.25) is 4.79 Å². The first-order chi connectivity index (χ1) is 10.1. The second-order valence-electron chi connectivity index (χ2n) is 6.29. The average molecular weight is 309 g/mol. The van der Waals surface area contributed by atoms with Crippen molar-refractivity contribution in [2.45, 2.75) is 44.1 Å². The number of aromatic nitrogens is 1. The Kier molecular flexibility index (Phi) is 4.17. The highest BCUT2D eigenvalue weighted by atomic mass is 32.1. The molecule has 1 aromatic rings. The smallest absolute Gasteiger partial charge is 0.312 e. The van der Waals surface area contributed by atoms with Crippen molar-refractivity contribution in [3.8, 4) is 0 Å². The molecular formula is C15H23N3O2S. The van der Waals surface area contributed by atoms with Crippen LogP contribution in [0.3, 0.4) is 0 Å². The Balaban J connectivity index is 1.82. The van der Waals surface area contributed by atoms with Gasteiger partial charge >= 0.3 is 5.97 Å². The Morgan fingerprint density at radius 2 is 2.19 bits per heavy atom. The summed E-state index contributed by atoms with van der Waals surface area (Å²) >= 11 is 1.71. The fourth-order valence-electron chi connectivity index (χ4n) is 3.33. The van der Waals surface area contributed by atoms with E-state index in [1.807, 2.05) is 0 Å². The van der Waals surface area contributed by atoms with Crippen LogP contribution in [0.2, 0.25) is 0 Å². The Hall–Kier alpha value is -1.14. The van der Waals surface area contributed by atoms with Crippen molar-refractivity contribution in [3.63, 3.8) is 0 Å². The summed E-state index contributed by atoms with van der Waals surface area (Å²) in [4.78, 5) is 21.9. The Labute approximate surface area is 129 Å². The van der Waals surface area contributed by atoms with Gasteiger partial charge in [-0.1, -0.05) is 0 Å². The van der Waals surface area contributed by atoms with Crippen molar-refractivity contribution >= 4 is 22.4 Å². The topological polar surface area (TPSA) is 56.7 Å². The normalized spacial score (nSPS) is 26.0. The number of carboxylic acid groups (broad SMARTS) is 1. The van der Waals surface area contributed by atoms with Crippen molar-refractivity contribution in [2.75, 3.05) is 32.1 Å². The maximum absolute atomic E-state index is 11.4. The van der Waals surface area contributed by atoms with E-state index >= 15 is 0 Å². The zero-order valence-electron chi connectivity index (χ0n) is 12.7. The van der Waals surface area contributed by atoms with Gasteiger partial charge in [-0.05, 0) is 46.2 Å². The second kappa shape index (κ2) is 5.93. The molecule has 2 atom stereocenters. The molecule has 0 saturated carbocycles. The minimum Gasteiger partial charge on any atom is -0.481 e. The Bertz CT molecular complexity index is 529. The molecule has 1 saturated heterocycles. The van der Waals surface area contributed by atoms with Crippen LogP contribution in [0.1, 0.15) is 42.2 Å². The Morgan fingerprint density at radius 1 is 1.38 bits per heavy atom. The molecule has 5 nitrogen and oxygen atoms in total. The van der Waals surface area contributed by atoms with Crippen molar-refractivity contribution in [1.82, 2.24) is 9.88 Å². The number of carbonyl (C=O) groups is 1. The number of likely N-dealkylation sites (N-methyl/N-ethyl adjacent to an activating group) is 1. The summed E-state index contributed by atoms with van der Waals surface area (Å²) in [6.07, 6.45) is 5.08. The van der Waals surface area contributed by atoms with Crippen molar-refractivity contribution in [1.29, 1.82) is 0 Å². The molecule has 1 fully saturated rings. The van der Waals surface area contributed by atoms with Gasteiger partial charge in [0, 0.05) is 24.0 Å². The van der Waals surface area contributed by atoms with E-state index in [1.165, 1.54) is 17.7 Å². The molecule has 2 heterocycles. The summed E-state index contributed by atoms with van der Waals surface area (Å²) in [5, 5.41) is 10.4. The summed E-state index contributed by atoms with van der Waals surface area (Å²) in [5.74, 6) is -1.12. The number of thiazole rings is 1.